The Bertz CT molecular complexity index is 778. The van der Waals surface area contributed by atoms with Crippen LogP contribution in [0.2, 0.25) is 0 Å². The Morgan fingerprint density at radius 2 is 1.75 bits per heavy atom. The number of benzene rings is 2. The maximum atomic E-state index is 9.40. The van der Waals surface area contributed by atoms with Gasteiger partial charge in [-0.15, -0.1) is 0 Å². The number of ether oxygens (including phenoxy) is 1. The van der Waals surface area contributed by atoms with Gasteiger partial charge in [0.2, 0.25) is 0 Å². The highest BCUT2D eigenvalue weighted by Crippen LogP contribution is 2.20. The monoisotopic (exact) mass is 317 g/mol. The van der Waals surface area contributed by atoms with Gasteiger partial charge in [-0.25, -0.2) is 0 Å². The largest absolute Gasteiger partial charge is 0.383 e. The molecule has 0 saturated heterocycles. The lowest BCUT2D eigenvalue weighted by Crippen LogP contribution is -2.21. The first-order valence-corrected chi connectivity index (χ1v) is 7.60. The summed E-state index contributed by atoms with van der Waals surface area (Å²) in [5, 5.41) is 18.2. The minimum absolute atomic E-state index is 0.569. The molecule has 0 bridgehead atoms. The van der Waals surface area contributed by atoms with Crippen molar-refractivity contribution in [2.45, 2.75) is 0 Å². The molecule has 0 atom stereocenters. The number of nitriles is 2. The number of rotatable bonds is 6. The van der Waals surface area contributed by atoms with Gasteiger partial charge in [0.05, 0.1) is 29.9 Å². The molecule has 0 fully saturated rings. The van der Waals surface area contributed by atoms with Crippen LogP contribution in [0.25, 0.3) is 11.6 Å². The van der Waals surface area contributed by atoms with Gasteiger partial charge in [0.25, 0.3) is 0 Å². The van der Waals surface area contributed by atoms with Crippen molar-refractivity contribution < 1.29 is 4.74 Å². The normalized spacial score (nSPS) is 10.8. The molecule has 0 spiro atoms. The highest BCUT2D eigenvalue weighted by molar-refractivity contribution is 5.89. The molecule has 0 heterocycles. The van der Waals surface area contributed by atoms with E-state index in [4.69, 9.17) is 10.00 Å². The third-order valence-electron chi connectivity index (χ3n) is 3.72. The molecular formula is C20H19N3O. The van der Waals surface area contributed by atoms with E-state index in [1.165, 1.54) is 0 Å². The number of hydrogen-bond donors (Lipinski definition) is 0. The fourth-order valence-corrected chi connectivity index (χ4v) is 2.25. The lowest BCUT2D eigenvalue weighted by molar-refractivity contribution is 0.206. The molecule has 0 radical (unpaired) electrons. The Morgan fingerprint density at radius 3 is 2.29 bits per heavy atom. The second-order valence-electron chi connectivity index (χ2n) is 5.36. The van der Waals surface area contributed by atoms with Crippen molar-refractivity contribution in [1.29, 1.82) is 10.5 Å². The van der Waals surface area contributed by atoms with Crippen LogP contribution in [-0.2, 0) is 4.74 Å². The smallest absolute Gasteiger partial charge is 0.0998 e. The van der Waals surface area contributed by atoms with Crippen LogP contribution in [0.5, 0.6) is 0 Å². The summed E-state index contributed by atoms with van der Waals surface area (Å²) in [5.41, 5.74) is 4.01. The summed E-state index contributed by atoms with van der Waals surface area (Å²) >= 11 is 0. The summed E-state index contributed by atoms with van der Waals surface area (Å²) in [4.78, 5) is 2.11. The lowest BCUT2D eigenvalue weighted by Gasteiger charge is -2.18. The average Bonchev–Trinajstić information content (AvgIpc) is 2.64. The molecule has 0 amide bonds. The number of nitrogens with zero attached hydrogens (tertiary/aromatic N) is 3. The molecule has 120 valence electrons. The lowest BCUT2D eigenvalue weighted by atomic mass is 10.0. The van der Waals surface area contributed by atoms with Gasteiger partial charge < -0.3 is 9.64 Å². The highest BCUT2D eigenvalue weighted by atomic mass is 16.5. The van der Waals surface area contributed by atoms with Gasteiger partial charge in [0, 0.05) is 26.4 Å². The van der Waals surface area contributed by atoms with Crippen molar-refractivity contribution in [3.8, 4) is 12.1 Å². The van der Waals surface area contributed by atoms with E-state index in [-0.39, 0.29) is 0 Å². The van der Waals surface area contributed by atoms with Crippen LogP contribution in [0, 0.1) is 22.7 Å². The van der Waals surface area contributed by atoms with E-state index in [9.17, 15) is 5.26 Å². The summed E-state index contributed by atoms with van der Waals surface area (Å²) in [6.07, 6.45) is 1.85. The van der Waals surface area contributed by atoms with E-state index in [2.05, 4.69) is 17.0 Å². The predicted molar refractivity (Wildman–Crippen MR) is 96.2 cm³/mol. The van der Waals surface area contributed by atoms with Crippen LogP contribution >= 0.6 is 0 Å². The summed E-state index contributed by atoms with van der Waals surface area (Å²) in [7, 11) is 3.70. The predicted octanol–water partition coefficient (Wildman–Crippen LogP) is 3.71. The van der Waals surface area contributed by atoms with E-state index in [0.717, 1.165) is 23.4 Å². The van der Waals surface area contributed by atoms with Crippen molar-refractivity contribution in [3.63, 3.8) is 0 Å². The van der Waals surface area contributed by atoms with E-state index >= 15 is 0 Å². The van der Waals surface area contributed by atoms with Gasteiger partial charge in [-0.2, -0.15) is 10.5 Å². The molecule has 0 unspecified atom stereocenters. The van der Waals surface area contributed by atoms with E-state index < -0.39 is 0 Å². The zero-order valence-corrected chi connectivity index (χ0v) is 13.9. The molecule has 2 aromatic rings. The fourth-order valence-electron chi connectivity index (χ4n) is 2.25. The topological polar surface area (TPSA) is 60.0 Å². The number of allylic oxidation sites excluding steroid dienone is 1. The molecule has 0 N–H and O–H groups in total. The van der Waals surface area contributed by atoms with E-state index in [0.29, 0.717) is 17.7 Å². The van der Waals surface area contributed by atoms with Gasteiger partial charge in [-0.1, -0.05) is 24.3 Å². The standard InChI is InChI=1S/C20H19N3O/c1-23(11-12-24-2)20-9-5-16(6-10-20)13-19(15-22)18-7-3-17(14-21)4-8-18/h3-10,13H,11-12H2,1-2H3/b19-13+. The van der Waals surface area contributed by atoms with Crippen LogP contribution < -0.4 is 4.90 Å². The minimum Gasteiger partial charge on any atom is -0.383 e. The average molecular weight is 317 g/mol. The first-order chi connectivity index (χ1) is 11.7. The number of anilines is 1. The van der Waals surface area contributed by atoms with Crippen LogP contribution in [-0.4, -0.2) is 27.3 Å². The third-order valence-corrected chi connectivity index (χ3v) is 3.72. The van der Waals surface area contributed by atoms with Crippen LogP contribution in [0.4, 0.5) is 5.69 Å². The maximum absolute atomic E-state index is 9.40. The molecule has 0 aliphatic rings. The zero-order valence-electron chi connectivity index (χ0n) is 13.9. The Morgan fingerprint density at radius 1 is 1.08 bits per heavy atom. The number of hydrogen-bond acceptors (Lipinski definition) is 4. The molecule has 4 heteroatoms. The van der Waals surface area contributed by atoms with Crippen molar-refractivity contribution in [3.05, 3.63) is 65.2 Å². The SMILES string of the molecule is COCCN(C)c1ccc(/C=C(\C#N)c2ccc(C#N)cc2)cc1. The third kappa shape index (κ3) is 4.46. The number of methoxy groups -OCH3 is 1. The summed E-state index contributed by atoms with van der Waals surface area (Å²) < 4.78 is 5.08. The summed E-state index contributed by atoms with van der Waals surface area (Å²) in [6.45, 7) is 1.50. The molecule has 4 nitrogen and oxygen atoms in total. The first kappa shape index (κ1) is 17.3. The van der Waals surface area contributed by atoms with E-state index in [1.54, 1.807) is 31.4 Å². The second kappa shape index (κ2) is 8.53. The molecule has 0 saturated carbocycles. The maximum Gasteiger partial charge on any atom is 0.0998 e. The minimum atomic E-state index is 0.569. The Balaban J connectivity index is 2.19. The van der Waals surface area contributed by atoms with Gasteiger partial charge in [0.1, 0.15) is 0 Å². The number of likely N-dealkylation sites (N-methyl/N-ethyl adjacent to an activating group) is 1. The molecule has 2 aromatic carbocycles. The van der Waals surface area contributed by atoms with Crippen molar-refractivity contribution in [1.82, 2.24) is 0 Å². The second-order valence-corrected chi connectivity index (χ2v) is 5.36. The highest BCUT2D eigenvalue weighted by Gasteiger charge is 2.03. The van der Waals surface area contributed by atoms with Gasteiger partial charge in [0.15, 0.2) is 0 Å². The van der Waals surface area contributed by atoms with Gasteiger partial charge >= 0.3 is 0 Å². The summed E-state index contributed by atoms with van der Waals surface area (Å²) in [5.74, 6) is 0. The molecular weight excluding hydrogens is 298 g/mol. The van der Waals surface area contributed by atoms with Crippen LogP contribution in [0.1, 0.15) is 16.7 Å². The first-order valence-electron chi connectivity index (χ1n) is 7.60. The van der Waals surface area contributed by atoms with E-state index in [1.807, 2.05) is 37.4 Å². The van der Waals surface area contributed by atoms with Crippen molar-refractivity contribution in [2.24, 2.45) is 0 Å². The van der Waals surface area contributed by atoms with Crippen molar-refractivity contribution >= 4 is 17.3 Å². The van der Waals surface area contributed by atoms with Crippen LogP contribution in [0.15, 0.2) is 48.5 Å². The zero-order chi connectivity index (χ0) is 17.4. The molecule has 0 aliphatic heterocycles. The molecule has 24 heavy (non-hydrogen) atoms. The molecule has 0 aliphatic carbocycles. The quantitative estimate of drug-likeness (QED) is 0.602. The fraction of sp³-hybridized carbons (Fsp3) is 0.200. The van der Waals surface area contributed by atoms with Gasteiger partial charge in [-0.3, -0.25) is 0 Å². The Hall–Kier alpha value is -3.08. The Labute approximate surface area is 142 Å². The Kier molecular flexibility index (Phi) is 6.14. The summed E-state index contributed by atoms with van der Waals surface area (Å²) in [6, 6.07) is 19.3. The van der Waals surface area contributed by atoms with Gasteiger partial charge in [-0.05, 0) is 41.5 Å². The molecule has 2 rings (SSSR count). The van der Waals surface area contributed by atoms with Crippen LogP contribution in [0.3, 0.4) is 0 Å². The van der Waals surface area contributed by atoms with Crippen molar-refractivity contribution in [2.75, 3.05) is 32.2 Å². The molecule has 0 aromatic heterocycles.